The predicted molar refractivity (Wildman–Crippen MR) is 75.6 cm³/mol. The van der Waals surface area contributed by atoms with Gasteiger partial charge in [-0.15, -0.1) is 0 Å². The first-order chi connectivity index (χ1) is 8.19. The van der Waals surface area contributed by atoms with Gasteiger partial charge in [0.2, 0.25) is 0 Å². The van der Waals surface area contributed by atoms with Crippen LogP contribution in [0, 0.1) is 0 Å². The van der Waals surface area contributed by atoms with Gasteiger partial charge in [-0.25, -0.2) is 0 Å². The summed E-state index contributed by atoms with van der Waals surface area (Å²) >= 11 is 1.94. The first-order valence-electron chi connectivity index (χ1n) is 6.66. The summed E-state index contributed by atoms with van der Waals surface area (Å²) in [6.45, 7) is 10.8. The van der Waals surface area contributed by atoms with Crippen LogP contribution in [0.25, 0.3) is 0 Å². The average Bonchev–Trinajstić information content (AvgIpc) is 2.31. The van der Waals surface area contributed by atoms with E-state index in [9.17, 15) is 4.79 Å². The Bertz CT molecular complexity index is 196. The maximum Gasteiger partial charge on any atom is 0.307 e. The molecule has 0 heterocycles. The second kappa shape index (κ2) is 10.9. The molecular weight excluding hydrogens is 234 g/mol. The minimum absolute atomic E-state index is 0.0640. The molecule has 0 aromatic rings. The highest BCUT2D eigenvalue weighted by molar-refractivity contribution is 7.99. The zero-order valence-corrected chi connectivity index (χ0v) is 12.5. The van der Waals surface area contributed by atoms with Crippen molar-refractivity contribution < 1.29 is 9.53 Å². The van der Waals surface area contributed by atoms with Crippen LogP contribution in [0.4, 0.5) is 0 Å². The number of rotatable bonds is 10. The van der Waals surface area contributed by atoms with Gasteiger partial charge in [-0.05, 0) is 37.9 Å². The monoisotopic (exact) mass is 261 g/mol. The van der Waals surface area contributed by atoms with Gasteiger partial charge in [0, 0.05) is 6.04 Å². The van der Waals surface area contributed by atoms with Crippen molar-refractivity contribution in [3.63, 3.8) is 0 Å². The van der Waals surface area contributed by atoms with Crippen molar-refractivity contribution in [2.24, 2.45) is 0 Å². The molecule has 102 valence electrons. The van der Waals surface area contributed by atoms with Crippen molar-refractivity contribution in [1.82, 2.24) is 4.90 Å². The number of hydrogen-bond donors (Lipinski definition) is 0. The third-order valence-corrected chi connectivity index (χ3v) is 3.77. The first kappa shape index (κ1) is 16.8. The molecule has 4 heteroatoms. The Morgan fingerprint density at radius 1 is 1.24 bits per heavy atom. The Morgan fingerprint density at radius 2 is 1.88 bits per heavy atom. The van der Waals surface area contributed by atoms with E-state index in [1.54, 1.807) is 0 Å². The Labute approximate surface area is 110 Å². The fourth-order valence-electron chi connectivity index (χ4n) is 1.93. The average molecular weight is 261 g/mol. The molecule has 0 aromatic carbocycles. The SMILES string of the molecule is CCOC(=O)CC(CCSCC)N(CC)CC. The molecule has 0 fully saturated rings. The number of carbonyl (C=O) groups is 1. The zero-order valence-electron chi connectivity index (χ0n) is 11.7. The van der Waals surface area contributed by atoms with Gasteiger partial charge >= 0.3 is 5.97 Å². The van der Waals surface area contributed by atoms with Gasteiger partial charge in [0.15, 0.2) is 0 Å². The van der Waals surface area contributed by atoms with Crippen LogP contribution in [0.1, 0.15) is 40.5 Å². The van der Waals surface area contributed by atoms with Crippen molar-refractivity contribution in [2.75, 3.05) is 31.2 Å². The predicted octanol–water partition coefficient (Wildman–Crippen LogP) is 2.79. The minimum atomic E-state index is -0.0640. The van der Waals surface area contributed by atoms with Gasteiger partial charge in [-0.3, -0.25) is 4.79 Å². The van der Waals surface area contributed by atoms with E-state index in [1.807, 2.05) is 18.7 Å². The van der Waals surface area contributed by atoms with Crippen LogP contribution in [0.15, 0.2) is 0 Å². The molecule has 0 aliphatic rings. The molecule has 0 saturated carbocycles. The molecule has 0 spiro atoms. The smallest absolute Gasteiger partial charge is 0.307 e. The fraction of sp³-hybridized carbons (Fsp3) is 0.923. The summed E-state index contributed by atoms with van der Waals surface area (Å²) in [7, 11) is 0. The van der Waals surface area contributed by atoms with E-state index in [-0.39, 0.29) is 5.97 Å². The summed E-state index contributed by atoms with van der Waals surface area (Å²) in [5.74, 6) is 2.20. The number of carbonyl (C=O) groups excluding carboxylic acids is 1. The molecule has 0 amide bonds. The number of ether oxygens (including phenoxy) is 1. The maximum atomic E-state index is 11.6. The van der Waals surface area contributed by atoms with Crippen LogP contribution in [0.2, 0.25) is 0 Å². The van der Waals surface area contributed by atoms with Crippen molar-refractivity contribution in [2.45, 2.75) is 46.6 Å². The highest BCUT2D eigenvalue weighted by Crippen LogP contribution is 2.13. The molecule has 0 bridgehead atoms. The normalized spacial score (nSPS) is 12.8. The van der Waals surface area contributed by atoms with Gasteiger partial charge in [-0.2, -0.15) is 11.8 Å². The van der Waals surface area contributed by atoms with Crippen LogP contribution >= 0.6 is 11.8 Å². The van der Waals surface area contributed by atoms with Crippen molar-refractivity contribution in [3.8, 4) is 0 Å². The lowest BCUT2D eigenvalue weighted by molar-refractivity contribution is -0.144. The minimum Gasteiger partial charge on any atom is -0.466 e. The summed E-state index contributed by atoms with van der Waals surface area (Å²) in [5, 5.41) is 0. The lowest BCUT2D eigenvalue weighted by atomic mass is 10.1. The summed E-state index contributed by atoms with van der Waals surface area (Å²) in [6, 6.07) is 0.336. The Morgan fingerprint density at radius 3 is 2.35 bits per heavy atom. The van der Waals surface area contributed by atoms with E-state index in [2.05, 4.69) is 25.7 Å². The lowest BCUT2D eigenvalue weighted by Crippen LogP contribution is -2.37. The van der Waals surface area contributed by atoms with Gasteiger partial charge in [0.25, 0.3) is 0 Å². The van der Waals surface area contributed by atoms with Crippen LogP contribution in [-0.2, 0) is 9.53 Å². The molecule has 0 N–H and O–H groups in total. The summed E-state index contributed by atoms with van der Waals surface area (Å²) in [4.78, 5) is 13.9. The van der Waals surface area contributed by atoms with E-state index in [4.69, 9.17) is 4.74 Å². The van der Waals surface area contributed by atoms with Gasteiger partial charge in [0.1, 0.15) is 0 Å². The third kappa shape index (κ3) is 7.66. The van der Waals surface area contributed by atoms with Crippen LogP contribution < -0.4 is 0 Å². The topological polar surface area (TPSA) is 29.5 Å². The number of thioether (sulfide) groups is 1. The van der Waals surface area contributed by atoms with Crippen molar-refractivity contribution in [3.05, 3.63) is 0 Å². The van der Waals surface area contributed by atoms with E-state index in [1.165, 1.54) is 0 Å². The molecule has 1 unspecified atom stereocenters. The summed E-state index contributed by atoms with van der Waals surface area (Å²) in [6.07, 6.45) is 1.60. The second-order valence-corrected chi connectivity index (χ2v) is 5.26. The summed E-state index contributed by atoms with van der Waals surface area (Å²) < 4.78 is 5.05. The molecule has 0 aromatic heterocycles. The quantitative estimate of drug-likeness (QED) is 0.447. The standard InChI is InChI=1S/C13H27NO2S/c1-5-14(6-2)12(9-10-17-8-4)11-13(15)16-7-3/h12H,5-11H2,1-4H3. The van der Waals surface area contributed by atoms with Gasteiger partial charge < -0.3 is 9.64 Å². The van der Waals surface area contributed by atoms with E-state index in [0.29, 0.717) is 19.1 Å². The maximum absolute atomic E-state index is 11.6. The van der Waals surface area contributed by atoms with Crippen LogP contribution in [-0.4, -0.2) is 48.1 Å². The van der Waals surface area contributed by atoms with E-state index >= 15 is 0 Å². The Kier molecular flexibility index (Phi) is 10.8. The molecular formula is C13H27NO2S. The van der Waals surface area contributed by atoms with Gasteiger partial charge in [0.05, 0.1) is 13.0 Å². The number of nitrogens with zero attached hydrogens (tertiary/aromatic N) is 1. The summed E-state index contributed by atoms with van der Waals surface area (Å²) in [5.41, 5.74) is 0. The highest BCUT2D eigenvalue weighted by atomic mass is 32.2. The fourth-order valence-corrected chi connectivity index (χ4v) is 2.66. The molecule has 0 rings (SSSR count). The zero-order chi connectivity index (χ0) is 13.1. The Balaban J connectivity index is 4.22. The highest BCUT2D eigenvalue weighted by Gasteiger charge is 2.19. The number of esters is 1. The molecule has 17 heavy (non-hydrogen) atoms. The van der Waals surface area contributed by atoms with E-state index in [0.717, 1.165) is 31.0 Å². The molecule has 3 nitrogen and oxygen atoms in total. The molecule has 0 radical (unpaired) electrons. The van der Waals surface area contributed by atoms with E-state index < -0.39 is 0 Å². The molecule has 0 aliphatic carbocycles. The molecule has 0 aliphatic heterocycles. The van der Waals surface area contributed by atoms with Crippen LogP contribution in [0.5, 0.6) is 0 Å². The largest absolute Gasteiger partial charge is 0.466 e. The van der Waals surface area contributed by atoms with Gasteiger partial charge in [-0.1, -0.05) is 20.8 Å². The number of hydrogen-bond acceptors (Lipinski definition) is 4. The lowest BCUT2D eigenvalue weighted by Gasteiger charge is -2.28. The second-order valence-electron chi connectivity index (χ2n) is 3.87. The molecule has 0 saturated heterocycles. The van der Waals surface area contributed by atoms with Crippen molar-refractivity contribution >= 4 is 17.7 Å². The van der Waals surface area contributed by atoms with Crippen molar-refractivity contribution in [1.29, 1.82) is 0 Å². The first-order valence-corrected chi connectivity index (χ1v) is 7.82. The Hall–Kier alpha value is -0.220. The molecule has 1 atom stereocenters. The third-order valence-electron chi connectivity index (χ3n) is 2.84. The van der Waals surface area contributed by atoms with Crippen LogP contribution in [0.3, 0.4) is 0 Å².